The van der Waals surface area contributed by atoms with Gasteiger partial charge in [0, 0.05) is 24.8 Å². The number of carboxylic acids is 1. The first-order valence-electron chi connectivity index (χ1n) is 5.99. The van der Waals surface area contributed by atoms with Crippen molar-refractivity contribution in [3.05, 3.63) is 27.9 Å². The van der Waals surface area contributed by atoms with Gasteiger partial charge in [-0.1, -0.05) is 6.92 Å². The van der Waals surface area contributed by atoms with Crippen LogP contribution in [0, 0.1) is 28.9 Å². The number of hydrogen-bond acceptors (Lipinski definition) is 5. The Labute approximate surface area is 110 Å². The van der Waals surface area contributed by atoms with E-state index in [1.807, 2.05) is 6.92 Å². The van der Waals surface area contributed by atoms with Crippen LogP contribution in [0.2, 0.25) is 0 Å². The van der Waals surface area contributed by atoms with Gasteiger partial charge in [-0.3, -0.25) is 14.9 Å². The summed E-state index contributed by atoms with van der Waals surface area (Å²) in [4.78, 5) is 27.5. The lowest BCUT2D eigenvalue weighted by Gasteiger charge is -2.16. The number of pyridine rings is 1. The van der Waals surface area contributed by atoms with Crippen molar-refractivity contribution in [1.29, 1.82) is 0 Å². The zero-order valence-electron chi connectivity index (χ0n) is 10.7. The van der Waals surface area contributed by atoms with Crippen LogP contribution >= 0.6 is 0 Å². The summed E-state index contributed by atoms with van der Waals surface area (Å²) in [7, 11) is 0. The minimum atomic E-state index is -0.836. The van der Waals surface area contributed by atoms with Crippen LogP contribution in [0.1, 0.15) is 12.5 Å². The Hall–Kier alpha value is -2.18. The number of aliphatic carboxylic acids is 1. The number of carboxylic acid groups (broad SMARTS) is 1. The second-order valence-corrected chi connectivity index (χ2v) is 4.91. The number of anilines is 1. The Morgan fingerprint density at radius 3 is 2.79 bits per heavy atom. The van der Waals surface area contributed by atoms with E-state index in [4.69, 9.17) is 5.11 Å². The molecule has 2 atom stereocenters. The topological polar surface area (TPSA) is 96.6 Å². The third kappa shape index (κ3) is 2.49. The monoisotopic (exact) mass is 265 g/mol. The molecule has 1 aromatic heterocycles. The van der Waals surface area contributed by atoms with Crippen molar-refractivity contribution in [2.75, 3.05) is 18.0 Å². The Balaban J connectivity index is 2.27. The molecule has 2 rings (SSSR count). The molecular formula is C12H15N3O4. The van der Waals surface area contributed by atoms with E-state index in [0.717, 1.165) is 0 Å². The average Bonchev–Trinajstić information content (AvgIpc) is 2.71. The first kappa shape index (κ1) is 13.3. The molecule has 0 spiro atoms. The Morgan fingerprint density at radius 1 is 1.58 bits per heavy atom. The molecule has 0 radical (unpaired) electrons. The van der Waals surface area contributed by atoms with Gasteiger partial charge in [0.2, 0.25) is 0 Å². The fraction of sp³-hybridized carbons (Fsp3) is 0.500. The first-order chi connectivity index (χ1) is 8.90. The molecule has 2 heterocycles. The molecule has 1 aliphatic rings. The van der Waals surface area contributed by atoms with Crippen molar-refractivity contribution in [2.24, 2.45) is 11.8 Å². The molecule has 102 valence electrons. The molecular weight excluding hydrogens is 250 g/mol. The minimum absolute atomic E-state index is 0.000316. The van der Waals surface area contributed by atoms with Gasteiger partial charge < -0.3 is 10.0 Å². The van der Waals surface area contributed by atoms with Gasteiger partial charge >= 0.3 is 5.97 Å². The second kappa shape index (κ2) is 4.83. The molecule has 7 nitrogen and oxygen atoms in total. The summed E-state index contributed by atoms with van der Waals surface area (Å²) in [5, 5.41) is 20.0. The lowest BCUT2D eigenvalue weighted by atomic mass is 9.99. The van der Waals surface area contributed by atoms with E-state index < -0.39 is 16.8 Å². The number of nitro groups is 1. The predicted molar refractivity (Wildman–Crippen MR) is 68.1 cm³/mol. The standard InChI is InChI=1S/C12H15N3O4/c1-7-4-13-11(3-10(7)15(18)19)14-5-8(2)9(6-14)12(16)17/h3-4,8-9H,5-6H2,1-2H3,(H,16,17). The average molecular weight is 265 g/mol. The molecule has 1 aromatic rings. The zero-order chi connectivity index (χ0) is 14.2. The van der Waals surface area contributed by atoms with Crippen LogP contribution in [0.3, 0.4) is 0 Å². The van der Waals surface area contributed by atoms with E-state index in [9.17, 15) is 14.9 Å². The number of nitrogens with zero attached hydrogens (tertiary/aromatic N) is 3. The van der Waals surface area contributed by atoms with Crippen molar-refractivity contribution in [1.82, 2.24) is 4.98 Å². The van der Waals surface area contributed by atoms with E-state index in [0.29, 0.717) is 24.5 Å². The van der Waals surface area contributed by atoms with Gasteiger partial charge in [-0.2, -0.15) is 0 Å². The molecule has 0 saturated carbocycles. The lowest BCUT2D eigenvalue weighted by Crippen LogP contribution is -2.23. The quantitative estimate of drug-likeness (QED) is 0.656. The van der Waals surface area contributed by atoms with Crippen LogP contribution in [0.25, 0.3) is 0 Å². The summed E-state index contributed by atoms with van der Waals surface area (Å²) in [5.74, 6) is -0.827. The summed E-state index contributed by atoms with van der Waals surface area (Å²) >= 11 is 0. The van der Waals surface area contributed by atoms with Gasteiger partial charge in [-0.05, 0) is 12.8 Å². The molecule has 0 amide bonds. The lowest BCUT2D eigenvalue weighted by molar-refractivity contribution is -0.385. The molecule has 1 fully saturated rings. The smallest absolute Gasteiger partial charge is 0.308 e. The summed E-state index contributed by atoms with van der Waals surface area (Å²) < 4.78 is 0. The van der Waals surface area contributed by atoms with Crippen molar-refractivity contribution >= 4 is 17.5 Å². The van der Waals surface area contributed by atoms with E-state index in [1.165, 1.54) is 12.3 Å². The van der Waals surface area contributed by atoms with E-state index in [-0.39, 0.29) is 11.6 Å². The van der Waals surface area contributed by atoms with Crippen LogP contribution in [-0.4, -0.2) is 34.1 Å². The van der Waals surface area contributed by atoms with Crippen molar-refractivity contribution in [3.8, 4) is 0 Å². The maximum absolute atomic E-state index is 11.1. The fourth-order valence-corrected chi connectivity index (χ4v) is 2.35. The summed E-state index contributed by atoms with van der Waals surface area (Å²) in [5.41, 5.74) is 0.507. The Bertz CT molecular complexity index is 532. The zero-order valence-corrected chi connectivity index (χ0v) is 10.7. The Morgan fingerprint density at radius 2 is 2.26 bits per heavy atom. The minimum Gasteiger partial charge on any atom is -0.481 e. The number of rotatable bonds is 3. The van der Waals surface area contributed by atoms with Crippen LogP contribution in [0.4, 0.5) is 11.5 Å². The normalized spacial score (nSPS) is 22.5. The molecule has 0 aliphatic carbocycles. The van der Waals surface area contributed by atoms with E-state index >= 15 is 0 Å². The Kier molecular flexibility index (Phi) is 3.37. The number of aromatic nitrogens is 1. The van der Waals surface area contributed by atoms with Gasteiger partial charge in [0.15, 0.2) is 0 Å². The van der Waals surface area contributed by atoms with Gasteiger partial charge in [0.05, 0.1) is 16.9 Å². The number of hydrogen-bond donors (Lipinski definition) is 1. The largest absolute Gasteiger partial charge is 0.481 e. The highest BCUT2D eigenvalue weighted by molar-refractivity contribution is 5.72. The third-order valence-corrected chi connectivity index (χ3v) is 3.51. The van der Waals surface area contributed by atoms with Crippen molar-refractivity contribution < 1.29 is 14.8 Å². The highest BCUT2D eigenvalue weighted by atomic mass is 16.6. The highest BCUT2D eigenvalue weighted by Crippen LogP contribution is 2.29. The van der Waals surface area contributed by atoms with Gasteiger partial charge in [-0.25, -0.2) is 4.98 Å². The van der Waals surface area contributed by atoms with Crippen molar-refractivity contribution in [2.45, 2.75) is 13.8 Å². The first-order valence-corrected chi connectivity index (χ1v) is 5.99. The molecule has 1 aliphatic heterocycles. The highest BCUT2D eigenvalue weighted by Gasteiger charge is 2.35. The van der Waals surface area contributed by atoms with Crippen LogP contribution < -0.4 is 4.90 Å². The maximum atomic E-state index is 11.1. The SMILES string of the molecule is Cc1cnc(N2CC(C)C(C(=O)O)C2)cc1[N+](=O)[O-]. The fourth-order valence-electron chi connectivity index (χ4n) is 2.35. The van der Waals surface area contributed by atoms with Gasteiger partial charge in [0.1, 0.15) is 5.82 Å². The van der Waals surface area contributed by atoms with Crippen LogP contribution in [0.15, 0.2) is 12.3 Å². The summed E-state index contributed by atoms with van der Waals surface area (Å²) in [6.07, 6.45) is 1.45. The summed E-state index contributed by atoms with van der Waals surface area (Å²) in [6.45, 7) is 4.37. The van der Waals surface area contributed by atoms with Crippen LogP contribution in [-0.2, 0) is 4.79 Å². The van der Waals surface area contributed by atoms with Gasteiger partial charge in [0.25, 0.3) is 5.69 Å². The summed E-state index contributed by atoms with van der Waals surface area (Å²) in [6, 6.07) is 1.41. The molecule has 1 N–H and O–H groups in total. The number of aryl methyl sites for hydroxylation is 1. The van der Waals surface area contributed by atoms with E-state index in [2.05, 4.69) is 4.98 Å². The van der Waals surface area contributed by atoms with Crippen molar-refractivity contribution in [3.63, 3.8) is 0 Å². The third-order valence-electron chi connectivity index (χ3n) is 3.51. The van der Waals surface area contributed by atoms with Gasteiger partial charge in [-0.15, -0.1) is 0 Å². The van der Waals surface area contributed by atoms with Crippen LogP contribution in [0.5, 0.6) is 0 Å². The predicted octanol–water partition coefficient (Wildman–Crippen LogP) is 1.46. The molecule has 19 heavy (non-hydrogen) atoms. The molecule has 0 aromatic carbocycles. The molecule has 7 heteroatoms. The second-order valence-electron chi connectivity index (χ2n) is 4.91. The maximum Gasteiger partial charge on any atom is 0.308 e. The van der Waals surface area contributed by atoms with E-state index in [1.54, 1.807) is 11.8 Å². The molecule has 0 bridgehead atoms. The molecule has 1 saturated heterocycles. The molecule has 2 unspecified atom stereocenters. The number of carbonyl (C=O) groups is 1.